The molecule has 1 aliphatic rings. The standard InChI is InChI=1S/C28H29ClN2O5/c1-19-6-5-7-20(2)28(19)36-17-26(32)30-22-10-13-25-24(16-22)31(27(33)18-35-25)14-3-4-15-34-23-11-8-21(29)9-12-23/h5-13,16H,3-4,14-15,17-18H2,1-2H3,(H,30,32). The number of ether oxygens (including phenoxy) is 3. The minimum Gasteiger partial charge on any atom is -0.494 e. The van der Waals surface area contributed by atoms with Gasteiger partial charge in [-0.25, -0.2) is 0 Å². The van der Waals surface area contributed by atoms with Gasteiger partial charge >= 0.3 is 0 Å². The van der Waals surface area contributed by atoms with E-state index in [4.69, 9.17) is 25.8 Å². The number of para-hydroxylation sites is 1. The number of fused-ring (bicyclic) bond motifs is 1. The van der Waals surface area contributed by atoms with Crippen molar-refractivity contribution in [1.29, 1.82) is 0 Å². The van der Waals surface area contributed by atoms with E-state index in [-0.39, 0.29) is 25.0 Å². The van der Waals surface area contributed by atoms with Crippen molar-refractivity contribution in [2.24, 2.45) is 0 Å². The summed E-state index contributed by atoms with van der Waals surface area (Å²) >= 11 is 5.90. The number of benzene rings is 3. The summed E-state index contributed by atoms with van der Waals surface area (Å²) in [6.07, 6.45) is 1.52. The molecule has 0 radical (unpaired) electrons. The minimum atomic E-state index is -0.286. The lowest BCUT2D eigenvalue weighted by molar-refractivity contribution is -0.121. The summed E-state index contributed by atoms with van der Waals surface area (Å²) in [5, 5.41) is 3.51. The molecule has 0 spiro atoms. The van der Waals surface area contributed by atoms with Gasteiger partial charge in [0.2, 0.25) is 0 Å². The molecular formula is C28H29ClN2O5. The van der Waals surface area contributed by atoms with Crippen LogP contribution >= 0.6 is 11.6 Å². The number of aryl methyl sites for hydroxylation is 2. The first-order chi connectivity index (χ1) is 17.4. The van der Waals surface area contributed by atoms with Crippen LogP contribution in [0.15, 0.2) is 60.7 Å². The Morgan fingerprint density at radius 1 is 1.03 bits per heavy atom. The van der Waals surface area contributed by atoms with E-state index in [1.807, 2.05) is 44.2 Å². The van der Waals surface area contributed by atoms with Gasteiger partial charge in [0.1, 0.15) is 17.2 Å². The number of halogens is 1. The van der Waals surface area contributed by atoms with Gasteiger partial charge in [-0.3, -0.25) is 9.59 Å². The van der Waals surface area contributed by atoms with Crippen LogP contribution in [0, 0.1) is 13.8 Å². The highest BCUT2D eigenvalue weighted by Gasteiger charge is 2.25. The van der Waals surface area contributed by atoms with Crippen molar-refractivity contribution in [3.8, 4) is 17.2 Å². The van der Waals surface area contributed by atoms with E-state index in [0.717, 1.165) is 29.7 Å². The first-order valence-corrected chi connectivity index (χ1v) is 12.2. The molecule has 3 aromatic carbocycles. The van der Waals surface area contributed by atoms with E-state index in [1.165, 1.54) is 0 Å². The summed E-state index contributed by atoms with van der Waals surface area (Å²) in [5.74, 6) is 1.67. The van der Waals surface area contributed by atoms with Crippen molar-refractivity contribution >= 4 is 34.8 Å². The van der Waals surface area contributed by atoms with Crippen molar-refractivity contribution < 1.29 is 23.8 Å². The maximum Gasteiger partial charge on any atom is 0.265 e. The van der Waals surface area contributed by atoms with Gasteiger partial charge in [-0.15, -0.1) is 0 Å². The van der Waals surface area contributed by atoms with Crippen LogP contribution in [0.2, 0.25) is 5.02 Å². The molecular weight excluding hydrogens is 480 g/mol. The molecule has 7 nitrogen and oxygen atoms in total. The molecule has 0 aliphatic carbocycles. The number of amides is 2. The molecule has 4 rings (SSSR count). The Kier molecular flexibility index (Phi) is 8.33. The van der Waals surface area contributed by atoms with Gasteiger partial charge in [0.25, 0.3) is 11.8 Å². The summed E-state index contributed by atoms with van der Waals surface area (Å²) in [6, 6.07) is 18.3. The third-order valence-corrected chi connectivity index (χ3v) is 6.05. The number of nitrogens with zero attached hydrogens (tertiary/aromatic N) is 1. The molecule has 0 aromatic heterocycles. The second-order valence-corrected chi connectivity index (χ2v) is 9.02. The molecule has 0 saturated carbocycles. The van der Waals surface area contributed by atoms with Crippen LogP contribution < -0.4 is 24.4 Å². The average Bonchev–Trinajstić information content (AvgIpc) is 2.86. The van der Waals surface area contributed by atoms with E-state index < -0.39 is 0 Å². The predicted molar refractivity (Wildman–Crippen MR) is 141 cm³/mol. The van der Waals surface area contributed by atoms with Gasteiger partial charge in [-0.05, 0) is 80.3 Å². The zero-order chi connectivity index (χ0) is 25.5. The summed E-state index contributed by atoms with van der Waals surface area (Å²) in [5.41, 5.74) is 3.15. The van der Waals surface area contributed by atoms with Crippen molar-refractivity contribution in [2.45, 2.75) is 26.7 Å². The Balaban J connectivity index is 1.32. The molecule has 1 N–H and O–H groups in total. The van der Waals surface area contributed by atoms with Gasteiger partial charge < -0.3 is 24.4 Å². The third kappa shape index (κ3) is 6.49. The highest BCUT2D eigenvalue weighted by atomic mass is 35.5. The minimum absolute atomic E-state index is 0.0103. The third-order valence-electron chi connectivity index (χ3n) is 5.80. The maximum atomic E-state index is 12.6. The smallest absolute Gasteiger partial charge is 0.265 e. The molecule has 36 heavy (non-hydrogen) atoms. The van der Waals surface area contributed by atoms with Crippen LogP contribution in [-0.4, -0.2) is 38.2 Å². The molecule has 0 unspecified atom stereocenters. The van der Waals surface area contributed by atoms with Crippen molar-refractivity contribution in [1.82, 2.24) is 0 Å². The first kappa shape index (κ1) is 25.4. The predicted octanol–water partition coefficient (Wildman–Crippen LogP) is 5.56. The summed E-state index contributed by atoms with van der Waals surface area (Å²) in [7, 11) is 0. The lowest BCUT2D eigenvalue weighted by atomic mass is 10.1. The molecule has 2 amide bonds. The number of unbranched alkanes of at least 4 members (excludes halogenated alkanes) is 1. The van der Waals surface area contributed by atoms with Gasteiger partial charge in [-0.1, -0.05) is 29.8 Å². The fourth-order valence-corrected chi connectivity index (χ4v) is 4.11. The molecule has 0 atom stereocenters. The number of carbonyl (C=O) groups excluding carboxylic acids is 2. The first-order valence-electron chi connectivity index (χ1n) is 11.8. The molecule has 3 aromatic rings. The molecule has 0 fully saturated rings. The van der Waals surface area contributed by atoms with Crippen LogP contribution in [0.3, 0.4) is 0 Å². The van der Waals surface area contributed by atoms with E-state index in [0.29, 0.717) is 41.0 Å². The van der Waals surface area contributed by atoms with Crippen molar-refractivity contribution in [2.75, 3.05) is 36.6 Å². The highest BCUT2D eigenvalue weighted by molar-refractivity contribution is 6.30. The van der Waals surface area contributed by atoms with Crippen LogP contribution in [0.1, 0.15) is 24.0 Å². The normalized spacial score (nSPS) is 12.5. The Morgan fingerprint density at radius 2 is 1.78 bits per heavy atom. The van der Waals surface area contributed by atoms with Crippen LogP contribution in [0.25, 0.3) is 0 Å². The Labute approximate surface area is 215 Å². The number of rotatable bonds is 10. The number of anilines is 2. The van der Waals surface area contributed by atoms with Gasteiger partial charge in [0.05, 0.1) is 12.3 Å². The summed E-state index contributed by atoms with van der Waals surface area (Å²) < 4.78 is 17.1. The second kappa shape index (κ2) is 11.8. The number of nitrogens with one attached hydrogen (secondary N) is 1. The fourth-order valence-electron chi connectivity index (χ4n) is 3.98. The monoisotopic (exact) mass is 508 g/mol. The quantitative estimate of drug-likeness (QED) is 0.363. The van der Waals surface area contributed by atoms with E-state index in [2.05, 4.69) is 5.32 Å². The molecule has 0 saturated heterocycles. The van der Waals surface area contributed by atoms with Crippen molar-refractivity contribution in [3.63, 3.8) is 0 Å². The highest BCUT2D eigenvalue weighted by Crippen LogP contribution is 2.35. The zero-order valence-corrected chi connectivity index (χ0v) is 21.1. The average molecular weight is 509 g/mol. The molecule has 0 bridgehead atoms. The summed E-state index contributed by atoms with van der Waals surface area (Å²) in [6.45, 7) is 4.81. The molecule has 188 valence electrons. The SMILES string of the molecule is Cc1cccc(C)c1OCC(=O)Nc1ccc2c(c1)N(CCCCOc1ccc(Cl)cc1)C(=O)CO2. The Hall–Kier alpha value is -3.71. The molecule has 1 aliphatic heterocycles. The van der Waals surface area contributed by atoms with Gasteiger partial charge in [0.15, 0.2) is 13.2 Å². The van der Waals surface area contributed by atoms with E-state index >= 15 is 0 Å². The lowest BCUT2D eigenvalue weighted by Crippen LogP contribution is -2.39. The largest absolute Gasteiger partial charge is 0.494 e. The Bertz CT molecular complexity index is 1210. The van der Waals surface area contributed by atoms with Crippen LogP contribution in [0.5, 0.6) is 17.2 Å². The second-order valence-electron chi connectivity index (χ2n) is 8.58. The van der Waals surface area contributed by atoms with Crippen LogP contribution in [-0.2, 0) is 9.59 Å². The number of hydrogen-bond acceptors (Lipinski definition) is 5. The Morgan fingerprint density at radius 3 is 2.53 bits per heavy atom. The van der Waals surface area contributed by atoms with Crippen molar-refractivity contribution in [3.05, 3.63) is 76.8 Å². The van der Waals surface area contributed by atoms with Crippen LogP contribution in [0.4, 0.5) is 11.4 Å². The fraction of sp³-hybridized carbons (Fsp3) is 0.286. The maximum absolute atomic E-state index is 12.6. The number of carbonyl (C=O) groups is 2. The number of hydrogen-bond donors (Lipinski definition) is 1. The van der Waals surface area contributed by atoms with Gasteiger partial charge in [0, 0.05) is 17.3 Å². The van der Waals surface area contributed by atoms with E-state index in [1.54, 1.807) is 35.2 Å². The topological polar surface area (TPSA) is 77.1 Å². The van der Waals surface area contributed by atoms with E-state index in [9.17, 15) is 9.59 Å². The summed E-state index contributed by atoms with van der Waals surface area (Å²) in [4.78, 5) is 26.8. The molecule has 8 heteroatoms. The van der Waals surface area contributed by atoms with Gasteiger partial charge in [-0.2, -0.15) is 0 Å². The zero-order valence-electron chi connectivity index (χ0n) is 20.4. The molecule has 1 heterocycles. The lowest BCUT2D eigenvalue weighted by Gasteiger charge is -2.30.